The van der Waals surface area contributed by atoms with Gasteiger partial charge in [0.05, 0.1) is 16.1 Å². The van der Waals surface area contributed by atoms with Crippen molar-refractivity contribution in [3.05, 3.63) is 35.4 Å². The molecule has 2 fully saturated rings. The summed E-state index contributed by atoms with van der Waals surface area (Å²) in [7, 11) is -2.98. The van der Waals surface area contributed by atoms with Gasteiger partial charge in [0, 0.05) is 0 Å². The van der Waals surface area contributed by atoms with Gasteiger partial charge in [0.1, 0.15) is 11.5 Å². The minimum Gasteiger partial charge on any atom is -0.232 e. The number of hydrogen-bond donors (Lipinski definition) is 0. The summed E-state index contributed by atoms with van der Waals surface area (Å²) in [6.07, 6.45) is 0. The molecule has 2 aliphatic rings. The maximum Gasteiger partial charge on any atom is 0.152 e. The lowest BCUT2D eigenvalue weighted by atomic mass is 9.88. The van der Waals surface area contributed by atoms with Crippen molar-refractivity contribution in [3.63, 3.8) is 0 Å². The van der Waals surface area contributed by atoms with E-state index in [0.717, 1.165) is 11.1 Å². The van der Waals surface area contributed by atoms with Crippen molar-refractivity contribution in [2.75, 3.05) is 0 Å². The summed E-state index contributed by atoms with van der Waals surface area (Å²) in [6, 6.07) is 8.57. The summed E-state index contributed by atoms with van der Waals surface area (Å²) < 4.78 is 0. The van der Waals surface area contributed by atoms with Gasteiger partial charge in [-0.3, -0.25) is 0 Å². The van der Waals surface area contributed by atoms with Crippen molar-refractivity contribution in [1.82, 2.24) is 0 Å². The Bertz CT molecular complexity index is 585. The van der Waals surface area contributed by atoms with Gasteiger partial charge in [-0.25, -0.2) is 19.6 Å². The molecule has 6 heteroatoms. The lowest BCUT2D eigenvalue weighted by Crippen LogP contribution is -2.63. The standard InChI is InChI=1S/C18H30O4Si2/c1-17(15(19-21-17)23(3,4)5)13-10-9-11-14(12-13)18(2)16(20-22-18)24(6,7)8/h9-12,15-16H,1-8H3. The van der Waals surface area contributed by atoms with E-state index < -0.39 is 16.1 Å². The fourth-order valence-corrected chi connectivity index (χ4v) is 8.37. The first-order chi connectivity index (χ1) is 10.9. The Morgan fingerprint density at radius 2 is 1.12 bits per heavy atom. The SMILES string of the molecule is CC1(c2cccc(C3(C)OOC3[Si](C)(C)C)c2)OOC1[Si](C)(C)C. The molecule has 0 amide bonds. The number of rotatable bonds is 4. The molecule has 24 heavy (non-hydrogen) atoms. The van der Waals surface area contributed by atoms with Crippen LogP contribution in [0, 0.1) is 0 Å². The van der Waals surface area contributed by atoms with Crippen LogP contribution in [0.25, 0.3) is 0 Å². The molecule has 0 saturated carbocycles. The number of hydrogen-bond acceptors (Lipinski definition) is 4. The van der Waals surface area contributed by atoms with Crippen LogP contribution in [-0.4, -0.2) is 27.6 Å². The molecule has 4 nitrogen and oxygen atoms in total. The van der Waals surface area contributed by atoms with E-state index in [1.165, 1.54) is 0 Å². The van der Waals surface area contributed by atoms with Crippen LogP contribution in [-0.2, 0) is 30.8 Å². The van der Waals surface area contributed by atoms with Gasteiger partial charge in [-0.2, -0.15) is 0 Å². The van der Waals surface area contributed by atoms with Crippen LogP contribution in [0.3, 0.4) is 0 Å². The maximum absolute atomic E-state index is 5.63. The molecule has 134 valence electrons. The molecule has 2 aliphatic heterocycles. The Morgan fingerprint density at radius 1 is 0.750 bits per heavy atom. The average Bonchev–Trinajstić information content (AvgIpc) is 2.39. The van der Waals surface area contributed by atoms with Gasteiger partial charge < -0.3 is 0 Å². The van der Waals surface area contributed by atoms with Gasteiger partial charge in [0.25, 0.3) is 0 Å². The molecule has 0 N–H and O–H groups in total. The van der Waals surface area contributed by atoms with Crippen LogP contribution in [0.2, 0.25) is 39.3 Å². The van der Waals surface area contributed by atoms with Gasteiger partial charge in [-0.15, -0.1) is 0 Å². The van der Waals surface area contributed by atoms with Crippen LogP contribution >= 0.6 is 0 Å². The highest BCUT2D eigenvalue weighted by Gasteiger charge is 2.57. The Kier molecular flexibility index (Phi) is 4.19. The Balaban J connectivity index is 1.94. The van der Waals surface area contributed by atoms with E-state index in [4.69, 9.17) is 19.6 Å². The van der Waals surface area contributed by atoms with Crippen LogP contribution in [0.4, 0.5) is 0 Å². The largest absolute Gasteiger partial charge is 0.232 e. The lowest BCUT2D eigenvalue weighted by Gasteiger charge is -2.52. The molecular formula is C18H30O4Si2. The molecule has 0 aromatic heterocycles. The number of benzene rings is 1. The van der Waals surface area contributed by atoms with Crippen molar-refractivity contribution < 1.29 is 19.6 Å². The quantitative estimate of drug-likeness (QED) is 0.579. The third-order valence-corrected chi connectivity index (χ3v) is 9.66. The van der Waals surface area contributed by atoms with E-state index in [1.54, 1.807) is 0 Å². The summed E-state index contributed by atoms with van der Waals surface area (Å²) in [5.41, 5.74) is 1.86. The third-order valence-electron chi connectivity index (χ3n) is 5.22. The van der Waals surface area contributed by atoms with Crippen molar-refractivity contribution in [2.45, 2.75) is 75.8 Å². The van der Waals surface area contributed by atoms with Crippen molar-refractivity contribution in [2.24, 2.45) is 0 Å². The highest BCUT2D eigenvalue weighted by atomic mass is 28.3. The molecule has 3 rings (SSSR count). The summed E-state index contributed by atoms with van der Waals surface area (Å²) in [6.45, 7) is 18.1. The molecule has 1 aromatic carbocycles. The maximum atomic E-state index is 5.63. The second-order valence-electron chi connectivity index (χ2n) is 9.65. The Morgan fingerprint density at radius 3 is 1.38 bits per heavy atom. The predicted molar refractivity (Wildman–Crippen MR) is 99.8 cm³/mol. The van der Waals surface area contributed by atoms with E-state index in [9.17, 15) is 0 Å². The molecule has 2 heterocycles. The summed E-state index contributed by atoms with van der Waals surface area (Å²) in [4.78, 5) is 22.3. The molecule has 2 saturated heterocycles. The second-order valence-corrected chi connectivity index (χ2v) is 20.2. The monoisotopic (exact) mass is 366 g/mol. The van der Waals surface area contributed by atoms with Crippen LogP contribution in [0.1, 0.15) is 25.0 Å². The third kappa shape index (κ3) is 2.73. The first kappa shape index (κ1) is 18.3. The van der Waals surface area contributed by atoms with E-state index in [1.807, 2.05) is 0 Å². The second kappa shape index (κ2) is 5.49. The molecule has 1 aromatic rings. The summed E-state index contributed by atoms with van der Waals surface area (Å²) in [5.74, 6) is 0. The molecule has 4 atom stereocenters. The van der Waals surface area contributed by atoms with Crippen LogP contribution < -0.4 is 0 Å². The zero-order valence-corrected chi connectivity index (χ0v) is 18.1. The normalized spacial score (nSPS) is 36.8. The average molecular weight is 367 g/mol. The molecule has 4 unspecified atom stereocenters. The summed E-state index contributed by atoms with van der Waals surface area (Å²) >= 11 is 0. The van der Waals surface area contributed by atoms with Gasteiger partial charge in [-0.05, 0) is 31.0 Å². The molecule has 0 bridgehead atoms. The predicted octanol–water partition coefficient (Wildman–Crippen LogP) is 4.53. The minimum atomic E-state index is -1.49. The van der Waals surface area contributed by atoms with E-state index in [0.29, 0.717) is 0 Å². The molecule has 0 aliphatic carbocycles. The first-order valence-corrected chi connectivity index (χ1v) is 15.8. The highest BCUT2D eigenvalue weighted by molar-refractivity contribution is 6.78. The fraction of sp³-hybridized carbons (Fsp3) is 0.667. The zero-order chi connectivity index (χ0) is 18.0. The fourth-order valence-electron chi connectivity index (χ4n) is 3.96. The first-order valence-electron chi connectivity index (χ1n) is 8.69. The van der Waals surface area contributed by atoms with Crippen molar-refractivity contribution in [3.8, 4) is 0 Å². The lowest BCUT2D eigenvalue weighted by molar-refractivity contribution is -0.496. The zero-order valence-electron chi connectivity index (χ0n) is 16.1. The van der Waals surface area contributed by atoms with E-state index in [-0.39, 0.29) is 22.7 Å². The minimum absolute atomic E-state index is 0.152. The smallest absolute Gasteiger partial charge is 0.152 e. The highest BCUT2D eigenvalue weighted by Crippen LogP contribution is 2.48. The van der Waals surface area contributed by atoms with Gasteiger partial charge in [0.2, 0.25) is 0 Å². The molecule has 0 radical (unpaired) electrons. The van der Waals surface area contributed by atoms with Crippen LogP contribution in [0.5, 0.6) is 0 Å². The summed E-state index contributed by atoms with van der Waals surface area (Å²) in [5, 5.41) is 0. The Labute approximate surface area is 147 Å². The van der Waals surface area contributed by atoms with Crippen molar-refractivity contribution >= 4 is 16.1 Å². The molecule has 0 spiro atoms. The van der Waals surface area contributed by atoms with Gasteiger partial charge in [0.15, 0.2) is 11.2 Å². The van der Waals surface area contributed by atoms with E-state index >= 15 is 0 Å². The molecular weight excluding hydrogens is 336 g/mol. The Hall–Kier alpha value is -0.506. The van der Waals surface area contributed by atoms with Crippen molar-refractivity contribution in [1.29, 1.82) is 0 Å². The topological polar surface area (TPSA) is 36.9 Å². The van der Waals surface area contributed by atoms with Crippen LogP contribution in [0.15, 0.2) is 24.3 Å². The van der Waals surface area contributed by atoms with E-state index in [2.05, 4.69) is 77.4 Å². The van der Waals surface area contributed by atoms with Gasteiger partial charge in [-0.1, -0.05) is 57.5 Å². The van der Waals surface area contributed by atoms with Gasteiger partial charge >= 0.3 is 0 Å².